The second-order valence-electron chi connectivity index (χ2n) is 4.24. The molecular weight excluding hydrogens is 240 g/mol. The van der Waals surface area contributed by atoms with Gasteiger partial charge in [0.1, 0.15) is 5.84 Å². The predicted molar refractivity (Wildman–Crippen MR) is 74.6 cm³/mol. The summed E-state index contributed by atoms with van der Waals surface area (Å²) >= 11 is 0. The molecule has 3 rings (SSSR count). The standard InChI is InChI=1S/C13H14N6/c1-19-13-10(7-16-19)12(18-14)15-8-11(17-13)9-5-3-2-4-6-9/h2-7H,8,14H2,1H3,(H,15,18). The molecule has 0 radical (unpaired) electrons. The molecule has 0 bridgehead atoms. The zero-order valence-corrected chi connectivity index (χ0v) is 10.5. The highest BCUT2D eigenvalue weighted by Gasteiger charge is 2.18. The molecule has 0 fully saturated rings. The highest BCUT2D eigenvalue weighted by Crippen LogP contribution is 2.22. The number of hydrogen-bond donors (Lipinski definition) is 2. The third-order valence-corrected chi connectivity index (χ3v) is 3.03. The molecule has 1 aromatic carbocycles. The lowest BCUT2D eigenvalue weighted by Gasteiger charge is -2.02. The van der Waals surface area contributed by atoms with Crippen LogP contribution in [0, 0.1) is 0 Å². The lowest BCUT2D eigenvalue weighted by molar-refractivity contribution is 0.770. The molecule has 1 aliphatic heterocycles. The van der Waals surface area contributed by atoms with E-state index in [0.29, 0.717) is 12.4 Å². The van der Waals surface area contributed by atoms with Gasteiger partial charge in [0, 0.05) is 7.05 Å². The van der Waals surface area contributed by atoms with Gasteiger partial charge < -0.3 is 5.43 Å². The molecule has 0 spiro atoms. The molecule has 0 unspecified atom stereocenters. The number of nitrogens with one attached hydrogen (secondary N) is 1. The van der Waals surface area contributed by atoms with Gasteiger partial charge in [-0.1, -0.05) is 30.3 Å². The summed E-state index contributed by atoms with van der Waals surface area (Å²) in [6.45, 7) is 0.484. The number of hydrogen-bond acceptors (Lipinski definition) is 5. The summed E-state index contributed by atoms with van der Waals surface area (Å²) in [5.41, 5.74) is 5.38. The van der Waals surface area contributed by atoms with E-state index >= 15 is 0 Å². The number of hydrazine groups is 1. The van der Waals surface area contributed by atoms with Crippen molar-refractivity contribution in [1.82, 2.24) is 15.2 Å². The Balaban J connectivity index is 2.13. The molecule has 6 heteroatoms. The first-order valence-electron chi connectivity index (χ1n) is 5.96. The molecule has 96 valence electrons. The number of aryl methyl sites for hydroxylation is 1. The van der Waals surface area contributed by atoms with Gasteiger partial charge in [-0.05, 0) is 5.56 Å². The number of benzene rings is 1. The zero-order valence-electron chi connectivity index (χ0n) is 10.5. The van der Waals surface area contributed by atoms with Crippen molar-refractivity contribution in [3.05, 3.63) is 47.7 Å². The van der Waals surface area contributed by atoms with Crippen LogP contribution in [0.5, 0.6) is 0 Å². The summed E-state index contributed by atoms with van der Waals surface area (Å²) in [7, 11) is 1.85. The Morgan fingerprint density at radius 1 is 1.26 bits per heavy atom. The van der Waals surface area contributed by atoms with Crippen LogP contribution in [0.2, 0.25) is 0 Å². The lowest BCUT2D eigenvalue weighted by atomic mass is 10.1. The monoisotopic (exact) mass is 254 g/mol. The average Bonchev–Trinajstić information content (AvgIpc) is 2.71. The van der Waals surface area contributed by atoms with Crippen LogP contribution < -0.4 is 11.3 Å². The van der Waals surface area contributed by atoms with Crippen LogP contribution in [0.4, 0.5) is 5.82 Å². The van der Waals surface area contributed by atoms with Crippen molar-refractivity contribution >= 4 is 17.4 Å². The number of fused-ring (bicyclic) bond motifs is 1. The van der Waals surface area contributed by atoms with Crippen LogP contribution in [-0.2, 0) is 7.05 Å². The van der Waals surface area contributed by atoms with Crippen molar-refractivity contribution in [2.45, 2.75) is 0 Å². The van der Waals surface area contributed by atoms with E-state index in [1.807, 2.05) is 37.4 Å². The normalized spacial score (nSPS) is 14.2. The maximum atomic E-state index is 5.51. The smallest absolute Gasteiger partial charge is 0.161 e. The van der Waals surface area contributed by atoms with E-state index in [9.17, 15) is 0 Å². The van der Waals surface area contributed by atoms with Crippen LogP contribution in [0.3, 0.4) is 0 Å². The number of amidine groups is 1. The average molecular weight is 254 g/mol. The number of nitrogens with two attached hydrogens (primary N) is 1. The van der Waals surface area contributed by atoms with E-state index < -0.39 is 0 Å². The summed E-state index contributed by atoms with van der Waals surface area (Å²) in [5.74, 6) is 6.88. The van der Waals surface area contributed by atoms with Crippen molar-refractivity contribution in [2.75, 3.05) is 6.54 Å². The second-order valence-corrected chi connectivity index (χ2v) is 4.24. The van der Waals surface area contributed by atoms with E-state index in [2.05, 4.69) is 20.5 Å². The van der Waals surface area contributed by atoms with Crippen LogP contribution in [-0.4, -0.2) is 27.9 Å². The minimum atomic E-state index is 0.484. The van der Waals surface area contributed by atoms with Gasteiger partial charge in [0.25, 0.3) is 0 Å². The maximum Gasteiger partial charge on any atom is 0.161 e. The fourth-order valence-electron chi connectivity index (χ4n) is 2.04. The van der Waals surface area contributed by atoms with Gasteiger partial charge in [-0.2, -0.15) is 5.10 Å². The van der Waals surface area contributed by atoms with Gasteiger partial charge in [-0.3, -0.25) is 9.67 Å². The first-order valence-corrected chi connectivity index (χ1v) is 5.96. The molecule has 1 aromatic heterocycles. The van der Waals surface area contributed by atoms with Gasteiger partial charge in [-0.15, -0.1) is 0 Å². The number of nitrogens with zero attached hydrogens (tertiary/aromatic N) is 4. The third-order valence-electron chi connectivity index (χ3n) is 3.03. The lowest BCUT2D eigenvalue weighted by Crippen LogP contribution is -2.31. The highest BCUT2D eigenvalue weighted by atomic mass is 15.3. The molecule has 0 atom stereocenters. The Hall–Kier alpha value is -2.47. The quantitative estimate of drug-likeness (QED) is 0.582. The SMILES string of the molecule is Cn1ncc2c1N=C(c1ccccc1)CN=C2NN. The Morgan fingerprint density at radius 2 is 2.05 bits per heavy atom. The number of aromatic nitrogens is 2. The second kappa shape index (κ2) is 4.66. The Labute approximate surface area is 110 Å². The zero-order chi connectivity index (χ0) is 13.2. The fourth-order valence-corrected chi connectivity index (χ4v) is 2.04. The summed E-state index contributed by atoms with van der Waals surface area (Å²) in [6, 6.07) is 9.99. The van der Waals surface area contributed by atoms with Crippen molar-refractivity contribution in [3.63, 3.8) is 0 Å². The molecular formula is C13H14N6. The van der Waals surface area contributed by atoms with E-state index in [4.69, 9.17) is 5.84 Å². The number of rotatable bonds is 1. The predicted octanol–water partition coefficient (Wildman–Crippen LogP) is 0.764. The minimum Gasteiger partial charge on any atom is -0.308 e. The Morgan fingerprint density at radius 3 is 2.79 bits per heavy atom. The maximum absolute atomic E-state index is 5.51. The Kier molecular flexibility index (Phi) is 2.85. The third kappa shape index (κ3) is 2.02. The van der Waals surface area contributed by atoms with Gasteiger partial charge in [0.2, 0.25) is 0 Å². The van der Waals surface area contributed by atoms with Crippen molar-refractivity contribution in [1.29, 1.82) is 0 Å². The molecule has 2 heterocycles. The molecule has 0 amide bonds. The first kappa shape index (κ1) is 11.6. The fraction of sp³-hybridized carbons (Fsp3) is 0.154. The van der Waals surface area contributed by atoms with E-state index in [1.54, 1.807) is 10.9 Å². The summed E-state index contributed by atoms with van der Waals surface area (Å²) in [6.07, 6.45) is 1.71. The molecule has 0 saturated heterocycles. The molecule has 1 aliphatic rings. The van der Waals surface area contributed by atoms with E-state index in [-0.39, 0.29) is 0 Å². The van der Waals surface area contributed by atoms with Crippen LogP contribution in [0.25, 0.3) is 0 Å². The van der Waals surface area contributed by atoms with Gasteiger partial charge in [0.15, 0.2) is 5.82 Å². The highest BCUT2D eigenvalue weighted by molar-refractivity contribution is 6.10. The van der Waals surface area contributed by atoms with Crippen molar-refractivity contribution in [2.24, 2.45) is 22.9 Å². The van der Waals surface area contributed by atoms with Crippen LogP contribution in [0.1, 0.15) is 11.1 Å². The Bertz CT molecular complexity index is 653. The van der Waals surface area contributed by atoms with E-state index in [1.165, 1.54) is 0 Å². The first-order chi connectivity index (χ1) is 9.29. The van der Waals surface area contributed by atoms with Crippen molar-refractivity contribution in [3.8, 4) is 0 Å². The topological polar surface area (TPSA) is 80.6 Å². The molecule has 0 aliphatic carbocycles. The molecule has 6 nitrogen and oxygen atoms in total. The largest absolute Gasteiger partial charge is 0.308 e. The summed E-state index contributed by atoms with van der Waals surface area (Å²) in [5, 5.41) is 4.20. The van der Waals surface area contributed by atoms with Gasteiger partial charge in [-0.25, -0.2) is 10.8 Å². The van der Waals surface area contributed by atoms with E-state index in [0.717, 1.165) is 22.7 Å². The molecule has 3 N–H and O–H groups in total. The van der Waals surface area contributed by atoms with Crippen molar-refractivity contribution < 1.29 is 0 Å². The molecule has 2 aromatic rings. The summed E-state index contributed by atoms with van der Waals surface area (Å²) in [4.78, 5) is 9.12. The molecule has 0 saturated carbocycles. The van der Waals surface area contributed by atoms with Crippen LogP contribution >= 0.6 is 0 Å². The van der Waals surface area contributed by atoms with Crippen LogP contribution in [0.15, 0.2) is 46.5 Å². The minimum absolute atomic E-state index is 0.484. The van der Waals surface area contributed by atoms with Gasteiger partial charge in [0.05, 0.1) is 24.0 Å². The molecule has 19 heavy (non-hydrogen) atoms. The van der Waals surface area contributed by atoms with Gasteiger partial charge >= 0.3 is 0 Å². The number of aliphatic imine (C=N–C) groups is 2. The summed E-state index contributed by atoms with van der Waals surface area (Å²) < 4.78 is 1.72.